The van der Waals surface area contributed by atoms with Crippen LogP contribution in [0.4, 0.5) is 0 Å². The van der Waals surface area contributed by atoms with Gasteiger partial charge in [0.15, 0.2) is 0 Å². The highest BCUT2D eigenvalue weighted by molar-refractivity contribution is 5.94. The smallest absolute Gasteiger partial charge is 0.326 e. The number of carboxylic acid groups (broad SMARTS) is 2. The summed E-state index contributed by atoms with van der Waals surface area (Å²) in [6.45, 7) is 1.38. The van der Waals surface area contributed by atoms with Crippen LogP contribution in [0.2, 0.25) is 0 Å². The van der Waals surface area contributed by atoms with E-state index in [4.69, 9.17) is 10.8 Å². The summed E-state index contributed by atoms with van der Waals surface area (Å²) in [5, 5.41) is 44.3. The van der Waals surface area contributed by atoms with E-state index >= 15 is 0 Å². The Hall–Kier alpha value is -4.65. The Morgan fingerprint density at radius 1 is 0.718 bits per heavy atom. The van der Waals surface area contributed by atoms with Crippen LogP contribution >= 0.6 is 0 Å². The normalized spacial score (nSPS) is 13.8. The van der Waals surface area contributed by atoms with E-state index < -0.39 is 60.2 Å². The molecule has 0 bridgehead atoms. The topological polar surface area (TPSA) is 228 Å². The zero-order valence-electron chi connectivity index (χ0n) is 21.2. The fraction of sp³-hybridized carbons (Fsp3) is 0.346. The number of hydrogen-bond donors (Lipinski definition) is 8. The molecule has 3 amide bonds. The van der Waals surface area contributed by atoms with Crippen molar-refractivity contribution in [1.82, 2.24) is 16.0 Å². The fourth-order valence-electron chi connectivity index (χ4n) is 3.54. The maximum atomic E-state index is 13.0. The molecule has 0 saturated carbocycles. The van der Waals surface area contributed by atoms with Gasteiger partial charge in [-0.3, -0.25) is 19.2 Å². The standard InChI is InChI=1S/C26H32N4O9/c1-14(28-24(36)19(27)12-15-2-6-17(31)7-3-15)23(35)30-21(13-16-4-8-18(32)9-5-16)25(37)29-20(26(38)39)10-11-22(33)34/h2-9,14,19-21,31-32H,10-13,27H2,1H3,(H,28,36)(H,29,37)(H,30,35)(H,33,34)(H,38,39). The fourth-order valence-corrected chi connectivity index (χ4v) is 3.54. The molecule has 0 saturated heterocycles. The summed E-state index contributed by atoms with van der Waals surface area (Å²) in [6, 6.07) is 6.93. The average molecular weight is 545 g/mol. The largest absolute Gasteiger partial charge is 0.508 e. The summed E-state index contributed by atoms with van der Waals surface area (Å²) in [5.74, 6) is -4.91. The minimum atomic E-state index is -1.51. The number of hydrogen-bond acceptors (Lipinski definition) is 8. The van der Waals surface area contributed by atoms with E-state index in [1.54, 1.807) is 12.1 Å². The van der Waals surface area contributed by atoms with Crippen LogP contribution in [0, 0.1) is 0 Å². The molecule has 2 rings (SSSR count). The van der Waals surface area contributed by atoms with E-state index in [-0.39, 0.29) is 30.8 Å². The molecule has 0 fully saturated rings. The number of nitrogens with two attached hydrogens (primary N) is 1. The molecule has 0 aliphatic heterocycles. The summed E-state index contributed by atoms with van der Waals surface area (Å²) in [7, 11) is 0. The molecule has 210 valence electrons. The first kappa shape index (κ1) is 30.6. The quantitative estimate of drug-likeness (QED) is 0.154. The Morgan fingerprint density at radius 3 is 1.69 bits per heavy atom. The first-order chi connectivity index (χ1) is 18.3. The predicted molar refractivity (Wildman–Crippen MR) is 138 cm³/mol. The molecule has 2 aromatic rings. The van der Waals surface area contributed by atoms with Crippen molar-refractivity contribution in [3.8, 4) is 11.5 Å². The van der Waals surface area contributed by atoms with Gasteiger partial charge in [-0.1, -0.05) is 24.3 Å². The highest BCUT2D eigenvalue weighted by Gasteiger charge is 2.29. The van der Waals surface area contributed by atoms with Gasteiger partial charge in [0.25, 0.3) is 0 Å². The number of phenols is 2. The van der Waals surface area contributed by atoms with E-state index in [2.05, 4.69) is 16.0 Å². The van der Waals surface area contributed by atoms with Gasteiger partial charge in [0.1, 0.15) is 29.6 Å². The van der Waals surface area contributed by atoms with E-state index in [9.17, 15) is 39.3 Å². The summed E-state index contributed by atoms with van der Waals surface area (Å²) in [4.78, 5) is 60.8. The highest BCUT2D eigenvalue weighted by Crippen LogP contribution is 2.13. The first-order valence-corrected chi connectivity index (χ1v) is 12.0. The number of phenolic OH excluding ortho intramolecular Hbond substituents is 2. The number of aliphatic carboxylic acids is 2. The Labute approximate surface area is 224 Å². The molecule has 0 radical (unpaired) electrons. The Balaban J connectivity index is 2.09. The summed E-state index contributed by atoms with van der Waals surface area (Å²) in [5.41, 5.74) is 7.16. The summed E-state index contributed by atoms with van der Waals surface area (Å²) >= 11 is 0. The van der Waals surface area contributed by atoms with Gasteiger partial charge in [0, 0.05) is 12.8 Å². The van der Waals surface area contributed by atoms with Crippen LogP contribution in [0.1, 0.15) is 30.9 Å². The van der Waals surface area contributed by atoms with Crippen LogP contribution in [0.5, 0.6) is 11.5 Å². The van der Waals surface area contributed by atoms with E-state index in [1.807, 2.05) is 0 Å². The summed E-state index contributed by atoms with van der Waals surface area (Å²) in [6.07, 6.45) is -0.829. The molecule has 2 aromatic carbocycles. The van der Waals surface area contributed by atoms with E-state index in [0.29, 0.717) is 11.1 Å². The van der Waals surface area contributed by atoms with Crippen molar-refractivity contribution in [2.45, 2.75) is 56.8 Å². The van der Waals surface area contributed by atoms with E-state index in [0.717, 1.165) is 0 Å². The lowest BCUT2D eigenvalue weighted by molar-refractivity contribution is -0.143. The van der Waals surface area contributed by atoms with Crippen molar-refractivity contribution in [2.75, 3.05) is 0 Å². The zero-order chi connectivity index (χ0) is 29.1. The number of aromatic hydroxyl groups is 2. The molecule has 4 atom stereocenters. The monoisotopic (exact) mass is 544 g/mol. The third-order valence-electron chi connectivity index (χ3n) is 5.75. The van der Waals surface area contributed by atoms with Crippen LogP contribution in [0.3, 0.4) is 0 Å². The molecule has 0 aromatic heterocycles. The van der Waals surface area contributed by atoms with Crippen LogP contribution in [0.15, 0.2) is 48.5 Å². The van der Waals surface area contributed by atoms with Crippen LogP contribution < -0.4 is 21.7 Å². The molecule has 0 aliphatic rings. The second-order valence-electron chi connectivity index (χ2n) is 8.97. The Bertz CT molecular complexity index is 1170. The van der Waals surface area contributed by atoms with E-state index in [1.165, 1.54) is 43.3 Å². The van der Waals surface area contributed by atoms with Gasteiger partial charge in [-0.2, -0.15) is 0 Å². The minimum Gasteiger partial charge on any atom is -0.508 e. The van der Waals surface area contributed by atoms with Crippen molar-refractivity contribution < 1.29 is 44.4 Å². The van der Waals surface area contributed by atoms with Crippen LogP contribution in [0.25, 0.3) is 0 Å². The number of amides is 3. The molecule has 0 spiro atoms. The van der Waals surface area contributed by atoms with Crippen molar-refractivity contribution >= 4 is 29.7 Å². The van der Waals surface area contributed by atoms with Crippen molar-refractivity contribution in [2.24, 2.45) is 5.73 Å². The Morgan fingerprint density at radius 2 is 1.21 bits per heavy atom. The molecular weight excluding hydrogens is 512 g/mol. The van der Waals surface area contributed by atoms with Gasteiger partial charge < -0.3 is 42.1 Å². The number of benzene rings is 2. The zero-order valence-corrected chi connectivity index (χ0v) is 21.2. The molecule has 9 N–H and O–H groups in total. The molecular formula is C26H32N4O9. The number of carboxylic acids is 2. The molecule has 4 unspecified atom stereocenters. The van der Waals surface area contributed by atoms with Crippen molar-refractivity contribution in [1.29, 1.82) is 0 Å². The van der Waals surface area contributed by atoms with Crippen molar-refractivity contribution in [3.05, 3.63) is 59.7 Å². The van der Waals surface area contributed by atoms with Gasteiger partial charge in [-0.05, 0) is 55.2 Å². The predicted octanol–water partition coefficient (Wildman–Crippen LogP) is -0.366. The van der Waals surface area contributed by atoms with Crippen LogP contribution in [-0.2, 0) is 36.8 Å². The van der Waals surface area contributed by atoms with Gasteiger partial charge in [-0.25, -0.2) is 4.79 Å². The minimum absolute atomic E-state index is 0.0247. The Kier molecular flexibility index (Phi) is 11.2. The lowest BCUT2D eigenvalue weighted by atomic mass is 10.0. The molecule has 0 aliphatic carbocycles. The summed E-state index contributed by atoms with van der Waals surface area (Å²) < 4.78 is 0. The lowest BCUT2D eigenvalue weighted by Crippen LogP contribution is -2.57. The average Bonchev–Trinajstić information content (AvgIpc) is 2.88. The lowest BCUT2D eigenvalue weighted by Gasteiger charge is -2.24. The van der Waals surface area contributed by atoms with Gasteiger partial charge in [0.05, 0.1) is 6.04 Å². The maximum Gasteiger partial charge on any atom is 0.326 e. The third-order valence-corrected chi connectivity index (χ3v) is 5.75. The molecule has 13 nitrogen and oxygen atoms in total. The number of nitrogens with one attached hydrogen (secondary N) is 3. The molecule has 13 heteroatoms. The number of carbonyl (C=O) groups excluding carboxylic acids is 3. The second-order valence-corrected chi connectivity index (χ2v) is 8.97. The molecule has 39 heavy (non-hydrogen) atoms. The number of carbonyl (C=O) groups is 5. The second kappa shape index (κ2) is 14.3. The highest BCUT2D eigenvalue weighted by atomic mass is 16.4. The first-order valence-electron chi connectivity index (χ1n) is 12.0. The molecule has 0 heterocycles. The van der Waals surface area contributed by atoms with Crippen LogP contribution in [-0.4, -0.2) is 74.3 Å². The van der Waals surface area contributed by atoms with Crippen molar-refractivity contribution in [3.63, 3.8) is 0 Å². The number of rotatable bonds is 14. The maximum absolute atomic E-state index is 13.0. The van der Waals surface area contributed by atoms with Gasteiger partial charge in [-0.15, -0.1) is 0 Å². The SMILES string of the molecule is CC(NC(=O)C(N)Cc1ccc(O)cc1)C(=O)NC(Cc1ccc(O)cc1)C(=O)NC(CCC(=O)O)C(=O)O. The third kappa shape index (κ3) is 10.3. The van der Waals surface area contributed by atoms with Gasteiger partial charge >= 0.3 is 11.9 Å². The van der Waals surface area contributed by atoms with Gasteiger partial charge in [0.2, 0.25) is 17.7 Å².